The molecule has 10 heteroatoms. The van der Waals surface area contributed by atoms with Crippen LogP contribution in [0, 0.1) is 5.82 Å². The van der Waals surface area contributed by atoms with E-state index in [2.05, 4.69) is 10.3 Å². The molecule has 0 bridgehead atoms. The van der Waals surface area contributed by atoms with Gasteiger partial charge in [0, 0.05) is 18.4 Å². The highest BCUT2D eigenvalue weighted by atomic mass is 35.5. The molecular formula is C20H17ClFN3O4S. The molecule has 2 saturated heterocycles. The molecule has 156 valence electrons. The van der Waals surface area contributed by atoms with E-state index in [0.717, 1.165) is 5.56 Å². The third kappa shape index (κ3) is 3.87. The number of fused-ring (bicyclic) bond motifs is 1. The van der Waals surface area contributed by atoms with Crippen LogP contribution in [0.4, 0.5) is 10.2 Å². The van der Waals surface area contributed by atoms with Crippen LogP contribution in [-0.2, 0) is 24.0 Å². The predicted molar refractivity (Wildman–Crippen MR) is 109 cm³/mol. The van der Waals surface area contributed by atoms with Crippen molar-refractivity contribution in [3.8, 4) is 0 Å². The van der Waals surface area contributed by atoms with E-state index in [1.807, 2.05) is 0 Å². The van der Waals surface area contributed by atoms with Crippen LogP contribution in [0.5, 0.6) is 0 Å². The van der Waals surface area contributed by atoms with Gasteiger partial charge in [-0.25, -0.2) is 14.2 Å². The minimum absolute atomic E-state index is 0.166. The van der Waals surface area contributed by atoms with Gasteiger partial charge < -0.3 is 15.0 Å². The maximum absolute atomic E-state index is 13.3. The van der Waals surface area contributed by atoms with Crippen molar-refractivity contribution in [1.82, 2.24) is 9.88 Å². The van der Waals surface area contributed by atoms with E-state index in [0.29, 0.717) is 17.2 Å². The average molecular weight is 450 g/mol. The number of nitrogens with one attached hydrogen (secondary N) is 1. The number of benzene rings is 1. The SMILES string of the molecule is O=C(COC(=O)[C@H]1CS[C@@]2(c3ccc(F)cc3)CCC(=O)N12)Nc1ccc(Cl)cn1. The van der Waals surface area contributed by atoms with Crippen LogP contribution in [0.3, 0.4) is 0 Å². The molecule has 2 amide bonds. The van der Waals surface area contributed by atoms with E-state index in [9.17, 15) is 18.8 Å². The molecular weight excluding hydrogens is 433 g/mol. The van der Waals surface area contributed by atoms with E-state index in [1.54, 1.807) is 18.2 Å². The first-order valence-electron chi connectivity index (χ1n) is 9.19. The summed E-state index contributed by atoms with van der Waals surface area (Å²) in [5.41, 5.74) is 0.765. The van der Waals surface area contributed by atoms with Crippen LogP contribution < -0.4 is 5.32 Å². The average Bonchev–Trinajstić information content (AvgIpc) is 3.28. The third-order valence-corrected chi connectivity index (χ3v) is 6.86. The third-order valence-electron chi connectivity index (χ3n) is 5.03. The monoisotopic (exact) mass is 449 g/mol. The Hall–Kier alpha value is -2.65. The molecule has 30 heavy (non-hydrogen) atoms. The lowest BCUT2D eigenvalue weighted by Gasteiger charge is -2.33. The lowest BCUT2D eigenvalue weighted by molar-refractivity contribution is -0.155. The predicted octanol–water partition coefficient (Wildman–Crippen LogP) is 2.95. The molecule has 3 heterocycles. The number of hydrogen-bond donors (Lipinski definition) is 1. The number of rotatable bonds is 5. The fourth-order valence-corrected chi connectivity index (χ4v) is 5.44. The van der Waals surface area contributed by atoms with Crippen molar-refractivity contribution in [3.05, 3.63) is 59.0 Å². The molecule has 1 aromatic heterocycles. The normalized spacial score (nSPS) is 22.7. The van der Waals surface area contributed by atoms with Crippen LogP contribution >= 0.6 is 23.4 Å². The minimum atomic E-state index is -0.809. The summed E-state index contributed by atoms with van der Waals surface area (Å²) >= 11 is 7.20. The molecule has 2 aromatic rings. The standard InChI is InChI=1S/C20H17ClFN3O4S/c21-13-3-6-16(23-9-13)24-17(26)10-29-19(28)15-11-30-20(8-7-18(27)25(15)20)12-1-4-14(22)5-2-12/h1-6,9,15H,7-8,10-11H2,(H,23,24,26)/t15-,20-/m1/s1. The molecule has 1 N–H and O–H groups in total. The fourth-order valence-electron chi connectivity index (χ4n) is 3.69. The van der Waals surface area contributed by atoms with Crippen molar-refractivity contribution in [2.75, 3.05) is 17.7 Å². The highest BCUT2D eigenvalue weighted by Gasteiger charge is 2.57. The molecule has 0 radical (unpaired) electrons. The van der Waals surface area contributed by atoms with Crippen LogP contribution in [0.2, 0.25) is 5.02 Å². The second kappa shape index (κ2) is 8.23. The van der Waals surface area contributed by atoms with Crippen molar-refractivity contribution in [2.45, 2.75) is 23.8 Å². The number of halogens is 2. The first-order valence-corrected chi connectivity index (χ1v) is 10.6. The number of aromatic nitrogens is 1. The zero-order valence-electron chi connectivity index (χ0n) is 15.6. The Morgan fingerprint density at radius 1 is 1.30 bits per heavy atom. The number of ether oxygens (including phenoxy) is 1. The first-order chi connectivity index (χ1) is 14.4. The number of anilines is 1. The lowest BCUT2D eigenvalue weighted by atomic mass is 10.0. The summed E-state index contributed by atoms with van der Waals surface area (Å²) in [4.78, 5) is 42.0. The van der Waals surface area contributed by atoms with Crippen molar-refractivity contribution in [3.63, 3.8) is 0 Å². The van der Waals surface area contributed by atoms with Gasteiger partial charge in [-0.1, -0.05) is 23.7 Å². The number of esters is 1. The molecule has 0 unspecified atom stereocenters. The van der Waals surface area contributed by atoms with Crippen molar-refractivity contribution < 1.29 is 23.5 Å². The Kier molecular flexibility index (Phi) is 5.66. The Labute approximate surface area is 180 Å². The molecule has 0 aliphatic carbocycles. The van der Waals surface area contributed by atoms with Gasteiger partial charge in [0.2, 0.25) is 5.91 Å². The van der Waals surface area contributed by atoms with E-state index < -0.39 is 29.4 Å². The van der Waals surface area contributed by atoms with Gasteiger partial charge in [0.15, 0.2) is 6.61 Å². The van der Waals surface area contributed by atoms with Gasteiger partial charge in [0.25, 0.3) is 5.91 Å². The van der Waals surface area contributed by atoms with E-state index >= 15 is 0 Å². The second-order valence-corrected chi connectivity index (χ2v) is 8.63. The summed E-state index contributed by atoms with van der Waals surface area (Å²) in [6, 6.07) is 8.23. The number of hydrogen-bond acceptors (Lipinski definition) is 6. The van der Waals surface area contributed by atoms with E-state index in [4.69, 9.17) is 16.3 Å². The lowest BCUT2D eigenvalue weighted by Crippen LogP contribution is -2.47. The zero-order chi connectivity index (χ0) is 21.3. The molecule has 4 rings (SSSR count). The molecule has 2 aliphatic rings. The summed E-state index contributed by atoms with van der Waals surface area (Å²) in [6.07, 6.45) is 2.19. The summed E-state index contributed by atoms with van der Waals surface area (Å²) in [5.74, 6) is -1.13. The number of carbonyl (C=O) groups excluding carboxylic acids is 3. The Balaban J connectivity index is 1.42. The van der Waals surface area contributed by atoms with Gasteiger partial charge in [-0.15, -0.1) is 11.8 Å². The summed E-state index contributed by atoms with van der Waals surface area (Å²) in [7, 11) is 0. The van der Waals surface area contributed by atoms with Crippen molar-refractivity contribution in [1.29, 1.82) is 0 Å². The minimum Gasteiger partial charge on any atom is -0.454 e. The van der Waals surface area contributed by atoms with Gasteiger partial charge in [-0.2, -0.15) is 0 Å². The van der Waals surface area contributed by atoms with Crippen LogP contribution in [0.25, 0.3) is 0 Å². The van der Waals surface area contributed by atoms with Crippen LogP contribution in [0.15, 0.2) is 42.6 Å². The molecule has 0 spiro atoms. The molecule has 1 aromatic carbocycles. The largest absolute Gasteiger partial charge is 0.454 e. The maximum Gasteiger partial charge on any atom is 0.330 e. The van der Waals surface area contributed by atoms with Crippen molar-refractivity contribution >= 4 is 47.0 Å². The second-order valence-electron chi connectivity index (χ2n) is 6.90. The van der Waals surface area contributed by atoms with Crippen LogP contribution in [-0.4, -0.2) is 46.1 Å². The Morgan fingerprint density at radius 3 is 2.77 bits per heavy atom. The topological polar surface area (TPSA) is 88.6 Å². The quantitative estimate of drug-likeness (QED) is 0.706. The number of pyridine rings is 1. The van der Waals surface area contributed by atoms with Gasteiger partial charge >= 0.3 is 5.97 Å². The fraction of sp³-hybridized carbons (Fsp3) is 0.300. The molecule has 2 fully saturated rings. The van der Waals surface area contributed by atoms with E-state index in [1.165, 1.54) is 41.1 Å². The molecule has 2 aliphatic heterocycles. The number of nitrogens with zero attached hydrogens (tertiary/aromatic N) is 2. The van der Waals surface area contributed by atoms with Gasteiger partial charge in [-0.3, -0.25) is 9.59 Å². The highest BCUT2D eigenvalue weighted by molar-refractivity contribution is 8.00. The highest BCUT2D eigenvalue weighted by Crippen LogP contribution is 2.54. The number of thioether (sulfide) groups is 1. The summed E-state index contributed by atoms with van der Waals surface area (Å²) in [6.45, 7) is -0.504. The smallest absolute Gasteiger partial charge is 0.330 e. The van der Waals surface area contributed by atoms with Gasteiger partial charge in [0.1, 0.15) is 22.5 Å². The molecule has 0 saturated carbocycles. The Morgan fingerprint density at radius 2 is 2.07 bits per heavy atom. The van der Waals surface area contributed by atoms with E-state index in [-0.39, 0.29) is 24.0 Å². The van der Waals surface area contributed by atoms with Gasteiger partial charge in [-0.05, 0) is 36.2 Å². The van der Waals surface area contributed by atoms with Crippen LogP contribution in [0.1, 0.15) is 18.4 Å². The number of carbonyl (C=O) groups is 3. The van der Waals surface area contributed by atoms with Gasteiger partial charge in [0.05, 0.1) is 5.02 Å². The summed E-state index contributed by atoms with van der Waals surface area (Å²) in [5, 5.41) is 2.93. The Bertz CT molecular complexity index is 989. The maximum atomic E-state index is 13.3. The zero-order valence-corrected chi connectivity index (χ0v) is 17.2. The van der Waals surface area contributed by atoms with Crippen molar-refractivity contribution in [2.24, 2.45) is 0 Å². The first kappa shape index (κ1) is 20.6. The summed E-state index contributed by atoms with van der Waals surface area (Å²) < 4.78 is 18.5. The number of amides is 2. The molecule has 7 nitrogen and oxygen atoms in total. The molecule has 2 atom stereocenters.